The number of aromatic nitrogens is 4. The number of fused-ring (bicyclic) bond motifs is 1. The molecule has 108 valence electrons. The highest BCUT2D eigenvalue weighted by Crippen LogP contribution is 2.21. The van der Waals surface area contributed by atoms with Gasteiger partial charge in [0.15, 0.2) is 11.6 Å². The highest BCUT2D eigenvalue weighted by Gasteiger charge is 2.10. The summed E-state index contributed by atoms with van der Waals surface area (Å²) in [5.41, 5.74) is 1.92. The summed E-state index contributed by atoms with van der Waals surface area (Å²) in [6.07, 6.45) is 5.99. The van der Waals surface area contributed by atoms with Gasteiger partial charge in [0, 0.05) is 18.0 Å². The molecule has 2 N–H and O–H groups in total. The SMILES string of the molecule is O=c1ccn(-c2ccc3[nH]c(-c4ncco4)nc3c2)cc1O. The molecule has 0 radical (unpaired) electrons. The second kappa shape index (κ2) is 4.59. The Hall–Kier alpha value is -3.35. The molecule has 0 bridgehead atoms. The van der Waals surface area contributed by atoms with E-state index in [-0.39, 0.29) is 5.75 Å². The first-order chi connectivity index (χ1) is 10.7. The first-order valence-corrected chi connectivity index (χ1v) is 6.52. The molecule has 4 aromatic rings. The van der Waals surface area contributed by atoms with Crippen LogP contribution in [0.25, 0.3) is 28.4 Å². The molecular weight excluding hydrogens is 284 g/mol. The lowest BCUT2D eigenvalue weighted by Crippen LogP contribution is -2.03. The van der Waals surface area contributed by atoms with Gasteiger partial charge in [0.2, 0.25) is 5.43 Å². The zero-order chi connectivity index (χ0) is 15.1. The van der Waals surface area contributed by atoms with Crippen LogP contribution in [0.15, 0.2) is 58.3 Å². The molecule has 7 nitrogen and oxygen atoms in total. The van der Waals surface area contributed by atoms with E-state index < -0.39 is 5.43 Å². The molecule has 0 atom stereocenters. The summed E-state index contributed by atoms with van der Waals surface area (Å²) in [4.78, 5) is 22.9. The highest BCUT2D eigenvalue weighted by molar-refractivity contribution is 5.80. The number of aromatic amines is 1. The molecule has 22 heavy (non-hydrogen) atoms. The fourth-order valence-corrected chi connectivity index (χ4v) is 2.23. The van der Waals surface area contributed by atoms with Crippen molar-refractivity contribution in [1.29, 1.82) is 0 Å². The molecule has 7 heteroatoms. The number of nitrogens with zero attached hydrogens (tertiary/aromatic N) is 3. The van der Waals surface area contributed by atoms with Crippen LogP contribution in [0.4, 0.5) is 0 Å². The summed E-state index contributed by atoms with van der Waals surface area (Å²) in [6.45, 7) is 0. The fourth-order valence-electron chi connectivity index (χ4n) is 2.23. The van der Waals surface area contributed by atoms with E-state index in [0.717, 1.165) is 16.7 Å². The third kappa shape index (κ3) is 1.96. The van der Waals surface area contributed by atoms with E-state index in [1.807, 2.05) is 18.2 Å². The van der Waals surface area contributed by atoms with Crippen molar-refractivity contribution >= 4 is 11.0 Å². The van der Waals surface area contributed by atoms with Gasteiger partial charge in [-0.25, -0.2) is 9.97 Å². The number of imidazole rings is 1. The third-order valence-corrected chi connectivity index (χ3v) is 3.30. The molecule has 0 saturated carbocycles. The van der Waals surface area contributed by atoms with E-state index in [9.17, 15) is 9.90 Å². The van der Waals surface area contributed by atoms with E-state index in [1.165, 1.54) is 18.5 Å². The average molecular weight is 294 g/mol. The maximum Gasteiger partial charge on any atom is 0.262 e. The van der Waals surface area contributed by atoms with Crippen LogP contribution in [0, 0.1) is 0 Å². The van der Waals surface area contributed by atoms with Crippen molar-refractivity contribution in [2.24, 2.45) is 0 Å². The van der Waals surface area contributed by atoms with Crippen molar-refractivity contribution in [3.05, 3.63) is 59.3 Å². The minimum Gasteiger partial charge on any atom is -0.503 e. The van der Waals surface area contributed by atoms with Gasteiger partial charge in [0.25, 0.3) is 5.89 Å². The standard InChI is InChI=1S/C15H10N4O3/c20-12-3-5-19(8-13(12)21)9-1-2-10-11(7-9)18-14(17-10)15-16-4-6-22-15/h1-8,21H,(H,17,18). The van der Waals surface area contributed by atoms with Crippen LogP contribution in [-0.4, -0.2) is 24.6 Å². The van der Waals surface area contributed by atoms with Gasteiger partial charge < -0.3 is 19.1 Å². The second-order valence-electron chi connectivity index (χ2n) is 4.73. The van der Waals surface area contributed by atoms with E-state index >= 15 is 0 Å². The molecule has 1 aromatic carbocycles. The first-order valence-electron chi connectivity index (χ1n) is 6.52. The lowest BCUT2D eigenvalue weighted by molar-refractivity contribution is 0.465. The molecule has 4 rings (SSSR count). The number of oxazole rings is 1. The van der Waals surface area contributed by atoms with Crippen LogP contribution >= 0.6 is 0 Å². The van der Waals surface area contributed by atoms with Crippen LogP contribution in [0.5, 0.6) is 5.75 Å². The van der Waals surface area contributed by atoms with Crippen LogP contribution < -0.4 is 5.43 Å². The van der Waals surface area contributed by atoms with Gasteiger partial charge in [0.1, 0.15) is 6.26 Å². The molecule has 0 fully saturated rings. The summed E-state index contributed by atoms with van der Waals surface area (Å²) >= 11 is 0. The number of benzene rings is 1. The van der Waals surface area contributed by atoms with Crippen LogP contribution in [0.1, 0.15) is 0 Å². The molecule has 0 aliphatic carbocycles. The van der Waals surface area contributed by atoms with E-state index in [0.29, 0.717) is 11.7 Å². The van der Waals surface area contributed by atoms with Crippen LogP contribution in [0.3, 0.4) is 0 Å². The van der Waals surface area contributed by atoms with Crippen molar-refractivity contribution < 1.29 is 9.52 Å². The van der Waals surface area contributed by atoms with Gasteiger partial charge >= 0.3 is 0 Å². The Labute approximate surface area is 123 Å². The monoisotopic (exact) mass is 294 g/mol. The van der Waals surface area contributed by atoms with Crippen molar-refractivity contribution in [3.8, 4) is 23.2 Å². The number of aromatic hydroxyl groups is 1. The van der Waals surface area contributed by atoms with Gasteiger partial charge in [0.05, 0.1) is 23.4 Å². The summed E-state index contributed by atoms with van der Waals surface area (Å²) in [5, 5.41) is 9.53. The molecular formula is C15H10N4O3. The quantitative estimate of drug-likeness (QED) is 0.590. The normalized spacial score (nSPS) is 11.1. The second-order valence-corrected chi connectivity index (χ2v) is 4.73. The topological polar surface area (TPSA) is 96.9 Å². The Morgan fingerprint density at radius 3 is 2.95 bits per heavy atom. The zero-order valence-corrected chi connectivity index (χ0v) is 11.2. The highest BCUT2D eigenvalue weighted by atomic mass is 16.3. The van der Waals surface area contributed by atoms with E-state index in [4.69, 9.17) is 4.42 Å². The lowest BCUT2D eigenvalue weighted by Gasteiger charge is -2.06. The first kappa shape index (κ1) is 12.4. The minimum absolute atomic E-state index is 0.301. The third-order valence-electron chi connectivity index (χ3n) is 3.30. The van der Waals surface area contributed by atoms with Crippen molar-refractivity contribution in [2.45, 2.75) is 0 Å². The Morgan fingerprint density at radius 2 is 2.18 bits per heavy atom. The maximum absolute atomic E-state index is 11.3. The minimum atomic E-state index is -0.414. The molecule has 0 unspecified atom stereocenters. The number of nitrogens with one attached hydrogen (secondary N) is 1. The number of pyridine rings is 1. The maximum atomic E-state index is 11.3. The molecule has 0 saturated heterocycles. The van der Waals surface area contributed by atoms with Gasteiger partial charge in [-0.2, -0.15) is 0 Å². The van der Waals surface area contributed by atoms with Gasteiger partial charge in [-0.15, -0.1) is 0 Å². The molecule has 0 aliphatic rings. The predicted molar refractivity (Wildman–Crippen MR) is 78.9 cm³/mol. The molecule has 0 amide bonds. The van der Waals surface area contributed by atoms with Gasteiger partial charge in [-0.3, -0.25) is 4.79 Å². The van der Waals surface area contributed by atoms with E-state index in [2.05, 4.69) is 15.0 Å². The molecule has 3 aromatic heterocycles. The van der Waals surface area contributed by atoms with Crippen molar-refractivity contribution in [2.75, 3.05) is 0 Å². The zero-order valence-electron chi connectivity index (χ0n) is 11.2. The van der Waals surface area contributed by atoms with Gasteiger partial charge in [-0.1, -0.05) is 0 Å². The smallest absolute Gasteiger partial charge is 0.262 e. The molecule has 0 aliphatic heterocycles. The summed E-state index contributed by atoms with van der Waals surface area (Å²) in [6, 6.07) is 6.85. The largest absolute Gasteiger partial charge is 0.503 e. The number of hydrogen-bond acceptors (Lipinski definition) is 5. The Balaban J connectivity index is 1.83. The van der Waals surface area contributed by atoms with Crippen LogP contribution in [0.2, 0.25) is 0 Å². The average Bonchev–Trinajstić information content (AvgIpc) is 3.17. The number of hydrogen-bond donors (Lipinski definition) is 2. The number of rotatable bonds is 2. The molecule has 0 spiro atoms. The summed E-state index contributed by atoms with van der Waals surface area (Å²) in [7, 11) is 0. The summed E-state index contributed by atoms with van der Waals surface area (Å²) in [5.74, 6) is 0.656. The summed E-state index contributed by atoms with van der Waals surface area (Å²) < 4.78 is 6.86. The number of H-pyrrole nitrogens is 1. The molecule has 3 heterocycles. The van der Waals surface area contributed by atoms with E-state index in [1.54, 1.807) is 17.0 Å². The fraction of sp³-hybridized carbons (Fsp3) is 0. The predicted octanol–water partition coefficient (Wildman–Crippen LogP) is 2.07. The Morgan fingerprint density at radius 1 is 1.27 bits per heavy atom. The Kier molecular flexibility index (Phi) is 2.59. The van der Waals surface area contributed by atoms with Crippen LogP contribution in [-0.2, 0) is 0 Å². The lowest BCUT2D eigenvalue weighted by atomic mass is 10.2. The Bertz CT molecular complexity index is 1010. The van der Waals surface area contributed by atoms with Crippen molar-refractivity contribution in [3.63, 3.8) is 0 Å². The van der Waals surface area contributed by atoms with Crippen molar-refractivity contribution in [1.82, 2.24) is 19.5 Å². The van der Waals surface area contributed by atoms with Gasteiger partial charge in [-0.05, 0) is 18.2 Å².